The summed E-state index contributed by atoms with van der Waals surface area (Å²) >= 11 is 0. The zero-order valence-electron chi connectivity index (χ0n) is 5.87. The predicted molar refractivity (Wildman–Crippen MR) is 40.2 cm³/mol. The molecule has 1 aromatic carbocycles. The molecule has 0 aliphatic rings. The van der Waals surface area contributed by atoms with Crippen molar-refractivity contribution in [1.29, 1.82) is 0 Å². The second-order valence-corrected chi connectivity index (χ2v) is 2.36. The van der Waals surface area contributed by atoms with Gasteiger partial charge in [0, 0.05) is 12.1 Å². The topological polar surface area (TPSA) is 86.5 Å². The van der Waals surface area contributed by atoms with Crippen molar-refractivity contribution < 1.29 is 14.6 Å². The van der Waals surface area contributed by atoms with E-state index in [0.29, 0.717) is 0 Å². The van der Waals surface area contributed by atoms with E-state index < -0.39 is 5.76 Å². The van der Waals surface area contributed by atoms with E-state index in [9.17, 15) is 4.79 Å². The number of rotatable bonds is 0. The van der Waals surface area contributed by atoms with Crippen molar-refractivity contribution in [3.63, 3.8) is 0 Å². The Morgan fingerprint density at radius 3 is 2.83 bits per heavy atom. The van der Waals surface area contributed by atoms with E-state index in [0.717, 1.165) is 6.07 Å². The SMILES string of the molecule is O=c1[nH]c2cc(O)cc(O)c2o1. The van der Waals surface area contributed by atoms with E-state index in [2.05, 4.69) is 9.40 Å². The second kappa shape index (κ2) is 2.04. The Balaban J connectivity index is 2.97. The number of fused-ring (bicyclic) bond motifs is 1. The molecule has 1 heterocycles. The Morgan fingerprint density at radius 1 is 1.33 bits per heavy atom. The van der Waals surface area contributed by atoms with Gasteiger partial charge in [0.1, 0.15) is 5.75 Å². The van der Waals surface area contributed by atoms with E-state index in [1.807, 2.05) is 0 Å². The van der Waals surface area contributed by atoms with Crippen LogP contribution >= 0.6 is 0 Å². The number of hydrogen-bond donors (Lipinski definition) is 3. The standard InChI is InChI=1S/C7H5NO4/c9-3-1-4-6(5(10)2-3)12-7(11)8-4/h1-2,9-10H,(H,8,11). The highest BCUT2D eigenvalue weighted by molar-refractivity contribution is 5.80. The Labute approximate surface area is 65.9 Å². The number of aromatic nitrogens is 1. The number of oxazole rings is 1. The van der Waals surface area contributed by atoms with Gasteiger partial charge in [-0.05, 0) is 0 Å². The van der Waals surface area contributed by atoms with Crippen LogP contribution in [0.4, 0.5) is 0 Å². The van der Waals surface area contributed by atoms with Gasteiger partial charge in [-0.15, -0.1) is 0 Å². The van der Waals surface area contributed by atoms with Gasteiger partial charge in [0.15, 0.2) is 11.3 Å². The third kappa shape index (κ3) is 0.833. The molecule has 0 amide bonds. The number of hydrogen-bond acceptors (Lipinski definition) is 4. The van der Waals surface area contributed by atoms with Gasteiger partial charge in [-0.3, -0.25) is 4.98 Å². The quantitative estimate of drug-likeness (QED) is 0.534. The zero-order chi connectivity index (χ0) is 8.72. The smallest absolute Gasteiger partial charge is 0.417 e. The highest BCUT2D eigenvalue weighted by Gasteiger charge is 2.07. The van der Waals surface area contributed by atoms with E-state index >= 15 is 0 Å². The Morgan fingerprint density at radius 2 is 2.08 bits per heavy atom. The summed E-state index contributed by atoms with van der Waals surface area (Å²) in [5, 5.41) is 18.1. The van der Waals surface area contributed by atoms with Crippen molar-refractivity contribution in [2.75, 3.05) is 0 Å². The van der Waals surface area contributed by atoms with Crippen LogP contribution in [0.3, 0.4) is 0 Å². The number of H-pyrrole nitrogens is 1. The predicted octanol–water partition coefficient (Wildman–Crippen LogP) is 0.532. The normalized spacial score (nSPS) is 10.7. The maximum Gasteiger partial charge on any atom is 0.417 e. The summed E-state index contributed by atoms with van der Waals surface area (Å²) in [5.41, 5.74) is 0.329. The van der Waals surface area contributed by atoms with Crippen LogP contribution < -0.4 is 5.76 Å². The van der Waals surface area contributed by atoms with E-state index in [-0.39, 0.29) is 22.6 Å². The number of benzene rings is 1. The first-order valence-electron chi connectivity index (χ1n) is 3.21. The van der Waals surface area contributed by atoms with Crippen molar-refractivity contribution in [1.82, 2.24) is 4.98 Å². The monoisotopic (exact) mass is 167 g/mol. The first-order valence-corrected chi connectivity index (χ1v) is 3.21. The molecule has 0 saturated heterocycles. The summed E-state index contributed by atoms with van der Waals surface area (Å²) in [5.74, 6) is -1.05. The Hall–Kier alpha value is -1.91. The molecule has 5 nitrogen and oxygen atoms in total. The molecule has 62 valence electrons. The van der Waals surface area contributed by atoms with Crippen LogP contribution in [0, 0.1) is 0 Å². The molecule has 2 aromatic rings. The minimum atomic E-state index is -0.661. The van der Waals surface area contributed by atoms with Gasteiger partial charge in [-0.1, -0.05) is 0 Å². The third-order valence-corrected chi connectivity index (χ3v) is 1.49. The molecule has 5 heteroatoms. The fourth-order valence-corrected chi connectivity index (χ4v) is 1.03. The molecule has 0 radical (unpaired) electrons. The highest BCUT2D eigenvalue weighted by Crippen LogP contribution is 2.27. The van der Waals surface area contributed by atoms with Crippen molar-refractivity contribution in [2.45, 2.75) is 0 Å². The Bertz CT molecular complexity index is 482. The summed E-state index contributed by atoms with van der Waals surface area (Å²) in [4.78, 5) is 12.9. The first-order chi connectivity index (χ1) is 5.66. The lowest BCUT2D eigenvalue weighted by Crippen LogP contribution is -1.92. The molecular weight excluding hydrogens is 162 g/mol. The summed E-state index contributed by atoms with van der Waals surface area (Å²) in [6, 6.07) is 2.39. The maximum atomic E-state index is 10.6. The molecule has 0 saturated carbocycles. The van der Waals surface area contributed by atoms with Crippen LogP contribution in [-0.4, -0.2) is 15.2 Å². The van der Waals surface area contributed by atoms with Crippen LogP contribution in [0.25, 0.3) is 11.1 Å². The molecule has 0 atom stereocenters. The van der Waals surface area contributed by atoms with Gasteiger partial charge in [0.2, 0.25) is 0 Å². The van der Waals surface area contributed by atoms with Crippen molar-refractivity contribution >= 4 is 11.1 Å². The van der Waals surface area contributed by atoms with Crippen molar-refractivity contribution in [2.24, 2.45) is 0 Å². The largest absolute Gasteiger partial charge is 0.508 e. The van der Waals surface area contributed by atoms with Crippen LogP contribution in [0.2, 0.25) is 0 Å². The van der Waals surface area contributed by atoms with E-state index in [1.54, 1.807) is 0 Å². The molecule has 0 aliphatic heterocycles. The van der Waals surface area contributed by atoms with Crippen molar-refractivity contribution in [3.8, 4) is 11.5 Å². The number of nitrogens with one attached hydrogen (secondary N) is 1. The van der Waals surface area contributed by atoms with Crippen LogP contribution in [0.1, 0.15) is 0 Å². The van der Waals surface area contributed by atoms with Crippen molar-refractivity contribution in [3.05, 3.63) is 22.7 Å². The molecule has 0 fully saturated rings. The molecule has 3 N–H and O–H groups in total. The number of aromatic amines is 1. The van der Waals surface area contributed by atoms with E-state index in [1.165, 1.54) is 6.07 Å². The molecule has 12 heavy (non-hydrogen) atoms. The van der Waals surface area contributed by atoms with Gasteiger partial charge >= 0.3 is 5.76 Å². The molecule has 0 spiro atoms. The maximum absolute atomic E-state index is 10.6. The molecular formula is C7H5NO4. The van der Waals surface area contributed by atoms with Gasteiger partial charge < -0.3 is 14.6 Å². The highest BCUT2D eigenvalue weighted by atomic mass is 16.4. The average Bonchev–Trinajstić information content (AvgIpc) is 2.29. The lowest BCUT2D eigenvalue weighted by Gasteiger charge is -1.93. The van der Waals surface area contributed by atoms with Gasteiger partial charge in [-0.25, -0.2) is 4.79 Å². The summed E-state index contributed by atoms with van der Waals surface area (Å²) < 4.78 is 4.58. The average molecular weight is 167 g/mol. The molecule has 0 aliphatic carbocycles. The fourth-order valence-electron chi connectivity index (χ4n) is 1.03. The van der Waals surface area contributed by atoms with Crippen LogP contribution in [0.15, 0.2) is 21.3 Å². The van der Waals surface area contributed by atoms with Gasteiger partial charge in [-0.2, -0.15) is 0 Å². The Kier molecular flexibility index (Phi) is 1.15. The van der Waals surface area contributed by atoms with Gasteiger partial charge in [0.05, 0.1) is 5.52 Å². The summed E-state index contributed by atoms with van der Waals surface area (Å²) in [6.07, 6.45) is 0. The summed E-state index contributed by atoms with van der Waals surface area (Å²) in [6.45, 7) is 0. The molecule has 0 bridgehead atoms. The third-order valence-electron chi connectivity index (χ3n) is 1.49. The minimum absolute atomic E-state index is 0.0535. The molecule has 1 aromatic heterocycles. The van der Waals surface area contributed by atoms with Crippen LogP contribution in [-0.2, 0) is 0 Å². The van der Waals surface area contributed by atoms with E-state index in [4.69, 9.17) is 10.2 Å². The number of phenols is 2. The fraction of sp³-hybridized carbons (Fsp3) is 0. The first kappa shape index (κ1) is 6.78. The number of phenolic OH excluding ortho intramolecular Hbond substituents is 2. The lowest BCUT2D eigenvalue weighted by molar-refractivity contribution is 0.443. The van der Waals surface area contributed by atoms with Gasteiger partial charge in [0.25, 0.3) is 0 Å². The number of aromatic hydroxyl groups is 2. The zero-order valence-corrected chi connectivity index (χ0v) is 5.87. The lowest BCUT2D eigenvalue weighted by atomic mass is 10.3. The molecule has 0 unspecified atom stereocenters. The minimum Gasteiger partial charge on any atom is -0.508 e. The molecule has 2 rings (SSSR count). The van der Waals surface area contributed by atoms with Crippen LogP contribution in [0.5, 0.6) is 11.5 Å². The summed E-state index contributed by atoms with van der Waals surface area (Å²) in [7, 11) is 0. The second-order valence-electron chi connectivity index (χ2n) is 2.36.